The molecule has 7 nitrogen and oxygen atoms in total. The van der Waals surface area contributed by atoms with Gasteiger partial charge in [0.25, 0.3) is 5.69 Å². The Hall–Kier alpha value is -2.81. The van der Waals surface area contributed by atoms with E-state index >= 15 is 0 Å². The summed E-state index contributed by atoms with van der Waals surface area (Å²) < 4.78 is 28.5. The van der Waals surface area contributed by atoms with Crippen molar-refractivity contribution in [1.82, 2.24) is 9.62 Å². The molecule has 1 fully saturated rings. The van der Waals surface area contributed by atoms with Gasteiger partial charge in [0.05, 0.1) is 4.92 Å². The zero-order valence-electron chi connectivity index (χ0n) is 16.4. The van der Waals surface area contributed by atoms with Crippen molar-refractivity contribution in [3.63, 3.8) is 0 Å². The summed E-state index contributed by atoms with van der Waals surface area (Å²) in [7, 11) is -4.04. The molecule has 8 heteroatoms. The molecular formula is C22H23N3O4S. The lowest BCUT2D eigenvalue weighted by Gasteiger charge is -2.29. The Morgan fingerprint density at radius 2 is 1.63 bits per heavy atom. The molecule has 0 spiro atoms. The summed E-state index contributed by atoms with van der Waals surface area (Å²) in [5.74, 6) is 0. The molecule has 0 aliphatic carbocycles. The maximum Gasteiger partial charge on any atom is 0.289 e. The van der Waals surface area contributed by atoms with Crippen LogP contribution in [0.1, 0.15) is 24.4 Å². The molecule has 156 valence electrons. The zero-order valence-corrected chi connectivity index (χ0v) is 17.2. The van der Waals surface area contributed by atoms with Crippen molar-refractivity contribution in [1.29, 1.82) is 0 Å². The van der Waals surface area contributed by atoms with Gasteiger partial charge in [0.2, 0.25) is 10.0 Å². The van der Waals surface area contributed by atoms with E-state index in [1.54, 1.807) is 0 Å². The van der Waals surface area contributed by atoms with Gasteiger partial charge in [-0.3, -0.25) is 15.0 Å². The van der Waals surface area contributed by atoms with Crippen molar-refractivity contribution in [3.8, 4) is 0 Å². The molecule has 1 N–H and O–H groups in total. The molecule has 3 aromatic rings. The van der Waals surface area contributed by atoms with Crippen LogP contribution in [0.4, 0.5) is 5.69 Å². The summed E-state index contributed by atoms with van der Waals surface area (Å²) in [6, 6.07) is 19.4. The van der Waals surface area contributed by atoms with E-state index in [4.69, 9.17) is 0 Å². The fourth-order valence-corrected chi connectivity index (χ4v) is 5.34. The monoisotopic (exact) mass is 425 g/mol. The maximum absolute atomic E-state index is 12.9. The molecule has 1 unspecified atom stereocenters. The van der Waals surface area contributed by atoms with Gasteiger partial charge in [-0.1, -0.05) is 54.6 Å². The van der Waals surface area contributed by atoms with Gasteiger partial charge in [0.15, 0.2) is 4.90 Å². The number of nitro groups is 1. The van der Waals surface area contributed by atoms with Crippen LogP contribution in [-0.2, 0) is 10.0 Å². The first-order chi connectivity index (χ1) is 14.5. The summed E-state index contributed by atoms with van der Waals surface area (Å²) >= 11 is 0. The fraction of sp³-hybridized carbons (Fsp3) is 0.273. The number of para-hydroxylation sites is 1. The number of rotatable bonds is 7. The minimum atomic E-state index is -4.04. The van der Waals surface area contributed by atoms with Crippen LogP contribution < -0.4 is 4.72 Å². The average Bonchev–Trinajstić information content (AvgIpc) is 3.28. The Balaban J connectivity index is 1.68. The second-order valence-corrected chi connectivity index (χ2v) is 9.14. The molecule has 0 saturated carbocycles. The van der Waals surface area contributed by atoms with Crippen LogP contribution in [0, 0.1) is 10.1 Å². The third-order valence-electron chi connectivity index (χ3n) is 5.58. The van der Waals surface area contributed by atoms with Crippen molar-refractivity contribution < 1.29 is 13.3 Å². The molecule has 0 radical (unpaired) electrons. The maximum atomic E-state index is 12.9. The topological polar surface area (TPSA) is 92.5 Å². The molecule has 3 aromatic carbocycles. The smallest absolute Gasteiger partial charge is 0.289 e. The summed E-state index contributed by atoms with van der Waals surface area (Å²) in [6.07, 6.45) is 2.14. The van der Waals surface area contributed by atoms with Crippen molar-refractivity contribution in [2.75, 3.05) is 19.6 Å². The largest absolute Gasteiger partial charge is 0.295 e. The Kier molecular flexibility index (Phi) is 5.80. The van der Waals surface area contributed by atoms with E-state index < -0.39 is 20.6 Å². The summed E-state index contributed by atoms with van der Waals surface area (Å²) in [5.41, 5.74) is 0.633. The number of likely N-dealkylation sites (tertiary alicyclic amines) is 1. The standard InChI is InChI=1S/C22H23N3O4S/c26-25(27)20-12-3-4-13-22(20)30(28,29)23-16-21(24-14-5-6-15-24)19-11-7-9-17-8-1-2-10-18(17)19/h1-4,7-13,21,23H,5-6,14-16H2. The summed E-state index contributed by atoms with van der Waals surface area (Å²) in [5, 5.41) is 13.5. The van der Waals surface area contributed by atoms with Gasteiger partial charge in [0.1, 0.15) is 0 Å². The molecule has 0 bridgehead atoms. The van der Waals surface area contributed by atoms with Crippen LogP contribution in [-0.4, -0.2) is 37.9 Å². The molecular weight excluding hydrogens is 402 g/mol. The van der Waals surface area contributed by atoms with Crippen LogP contribution in [0.2, 0.25) is 0 Å². The Morgan fingerprint density at radius 1 is 0.967 bits per heavy atom. The van der Waals surface area contributed by atoms with Crippen LogP contribution in [0.15, 0.2) is 71.6 Å². The quantitative estimate of drug-likeness (QED) is 0.458. The second-order valence-electron chi connectivity index (χ2n) is 7.40. The van der Waals surface area contributed by atoms with Gasteiger partial charge in [0, 0.05) is 18.7 Å². The lowest BCUT2D eigenvalue weighted by atomic mass is 9.98. The normalized spacial score (nSPS) is 16.0. The minimum Gasteiger partial charge on any atom is -0.295 e. The van der Waals surface area contributed by atoms with Crippen molar-refractivity contribution in [2.24, 2.45) is 0 Å². The van der Waals surface area contributed by atoms with E-state index in [1.165, 1.54) is 24.3 Å². The van der Waals surface area contributed by atoms with E-state index in [-0.39, 0.29) is 17.5 Å². The highest BCUT2D eigenvalue weighted by molar-refractivity contribution is 7.89. The first kappa shape index (κ1) is 20.5. The van der Waals surface area contributed by atoms with Gasteiger partial charge in [-0.05, 0) is 48.3 Å². The fourth-order valence-electron chi connectivity index (χ4n) is 4.13. The third-order valence-corrected chi connectivity index (χ3v) is 7.05. The van der Waals surface area contributed by atoms with E-state index in [2.05, 4.69) is 9.62 Å². The van der Waals surface area contributed by atoms with Crippen LogP contribution in [0.25, 0.3) is 10.8 Å². The number of fused-ring (bicyclic) bond motifs is 1. The number of nitrogens with one attached hydrogen (secondary N) is 1. The van der Waals surface area contributed by atoms with E-state index in [0.29, 0.717) is 0 Å². The van der Waals surface area contributed by atoms with Gasteiger partial charge in [-0.15, -0.1) is 0 Å². The summed E-state index contributed by atoms with van der Waals surface area (Å²) in [6.45, 7) is 1.92. The van der Waals surface area contributed by atoms with E-state index in [0.717, 1.165) is 42.3 Å². The Morgan fingerprint density at radius 3 is 2.40 bits per heavy atom. The van der Waals surface area contributed by atoms with Crippen molar-refractivity contribution >= 4 is 26.5 Å². The first-order valence-corrected chi connectivity index (χ1v) is 11.4. The highest BCUT2D eigenvalue weighted by Crippen LogP contribution is 2.31. The lowest BCUT2D eigenvalue weighted by Crippen LogP contribution is -2.37. The van der Waals surface area contributed by atoms with Crippen LogP contribution in [0.3, 0.4) is 0 Å². The first-order valence-electron chi connectivity index (χ1n) is 9.92. The molecule has 1 heterocycles. The molecule has 1 aliphatic rings. The SMILES string of the molecule is O=[N+]([O-])c1ccccc1S(=O)(=O)NCC(c1cccc2ccccc12)N1CCCC1. The third kappa shape index (κ3) is 4.07. The van der Waals surface area contributed by atoms with Gasteiger partial charge >= 0.3 is 0 Å². The molecule has 1 atom stereocenters. The number of nitrogens with zero attached hydrogens (tertiary/aromatic N) is 2. The van der Waals surface area contributed by atoms with Crippen molar-refractivity contribution in [2.45, 2.75) is 23.8 Å². The van der Waals surface area contributed by atoms with Crippen molar-refractivity contribution in [3.05, 3.63) is 82.4 Å². The second kappa shape index (κ2) is 8.51. The van der Waals surface area contributed by atoms with Crippen LogP contribution in [0.5, 0.6) is 0 Å². The average molecular weight is 426 g/mol. The molecule has 0 amide bonds. The number of hydrogen-bond donors (Lipinski definition) is 1. The number of sulfonamides is 1. The lowest BCUT2D eigenvalue weighted by molar-refractivity contribution is -0.387. The Labute approximate surface area is 175 Å². The van der Waals surface area contributed by atoms with Crippen LogP contribution >= 0.6 is 0 Å². The predicted octanol–water partition coefficient (Wildman–Crippen LogP) is 3.86. The Bertz CT molecular complexity index is 1170. The van der Waals surface area contributed by atoms with E-state index in [9.17, 15) is 18.5 Å². The number of benzene rings is 3. The number of nitro benzene ring substituents is 1. The van der Waals surface area contributed by atoms with E-state index in [1.807, 2.05) is 42.5 Å². The van der Waals surface area contributed by atoms with Gasteiger partial charge < -0.3 is 0 Å². The van der Waals surface area contributed by atoms with Gasteiger partial charge in [-0.25, -0.2) is 13.1 Å². The molecule has 1 aliphatic heterocycles. The predicted molar refractivity (Wildman–Crippen MR) is 116 cm³/mol. The molecule has 30 heavy (non-hydrogen) atoms. The van der Waals surface area contributed by atoms with Gasteiger partial charge in [-0.2, -0.15) is 0 Å². The zero-order chi connectivity index (χ0) is 21.1. The molecule has 0 aromatic heterocycles. The number of hydrogen-bond acceptors (Lipinski definition) is 5. The summed E-state index contributed by atoms with van der Waals surface area (Å²) in [4.78, 5) is 12.6. The minimum absolute atomic E-state index is 0.141. The molecule has 4 rings (SSSR count). The highest BCUT2D eigenvalue weighted by Gasteiger charge is 2.29. The highest BCUT2D eigenvalue weighted by atomic mass is 32.2. The molecule has 1 saturated heterocycles.